The molecule has 0 aliphatic carbocycles. The summed E-state index contributed by atoms with van der Waals surface area (Å²) in [5, 5.41) is 9.65. The van der Waals surface area contributed by atoms with E-state index < -0.39 is 0 Å². The SMILES string of the molecule is Cc1ccc(C(=O)N(C)c2cccc(N)c2)cc1O. The van der Waals surface area contributed by atoms with Gasteiger partial charge in [-0.3, -0.25) is 4.79 Å². The third kappa shape index (κ3) is 2.68. The summed E-state index contributed by atoms with van der Waals surface area (Å²) in [4.78, 5) is 13.8. The number of phenolic OH excluding ortho intramolecular Hbond substituents is 1. The fourth-order valence-electron chi connectivity index (χ4n) is 1.79. The number of aromatic hydroxyl groups is 1. The normalized spacial score (nSPS) is 10.2. The largest absolute Gasteiger partial charge is 0.508 e. The summed E-state index contributed by atoms with van der Waals surface area (Å²) in [6, 6.07) is 12.0. The quantitative estimate of drug-likeness (QED) is 0.811. The number of hydrogen-bond donors (Lipinski definition) is 2. The first-order chi connectivity index (χ1) is 8.99. The molecule has 0 spiro atoms. The van der Waals surface area contributed by atoms with Gasteiger partial charge in [0.1, 0.15) is 5.75 Å². The Morgan fingerprint density at radius 2 is 1.95 bits per heavy atom. The van der Waals surface area contributed by atoms with Crippen molar-refractivity contribution in [3.05, 3.63) is 53.6 Å². The van der Waals surface area contributed by atoms with Crippen LogP contribution in [0.2, 0.25) is 0 Å². The third-order valence-electron chi connectivity index (χ3n) is 3.02. The molecule has 0 atom stereocenters. The van der Waals surface area contributed by atoms with Gasteiger partial charge in [-0.1, -0.05) is 12.1 Å². The van der Waals surface area contributed by atoms with Gasteiger partial charge in [0.25, 0.3) is 5.91 Å². The van der Waals surface area contributed by atoms with Crippen molar-refractivity contribution in [3.8, 4) is 5.75 Å². The molecule has 0 heterocycles. The van der Waals surface area contributed by atoms with E-state index in [1.165, 1.54) is 11.0 Å². The molecular weight excluding hydrogens is 240 g/mol. The van der Waals surface area contributed by atoms with Crippen LogP contribution >= 0.6 is 0 Å². The molecule has 2 aromatic rings. The molecule has 0 aliphatic rings. The molecule has 0 aliphatic heterocycles. The molecule has 0 saturated heterocycles. The lowest BCUT2D eigenvalue weighted by molar-refractivity contribution is 0.0992. The minimum Gasteiger partial charge on any atom is -0.508 e. The van der Waals surface area contributed by atoms with Gasteiger partial charge in [0.05, 0.1) is 0 Å². The van der Waals surface area contributed by atoms with Crippen LogP contribution in [0.15, 0.2) is 42.5 Å². The van der Waals surface area contributed by atoms with E-state index in [9.17, 15) is 9.90 Å². The number of carbonyl (C=O) groups excluding carboxylic acids is 1. The lowest BCUT2D eigenvalue weighted by Crippen LogP contribution is -2.26. The highest BCUT2D eigenvalue weighted by molar-refractivity contribution is 6.06. The molecule has 0 aromatic heterocycles. The van der Waals surface area contributed by atoms with Crippen LogP contribution in [-0.4, -0.2) is 18.1 Å². The maximum absolute atomic E-state index is 12.3. The first-order valence-electron chi connectivity index (χ1n) is 5.92. The first-order valence-corrected chi connectivity index (χ1v) is 5.92. The van der Waals surface area contributed by atoms with E-state index in [1.54, 1.807) is 44.3 Å². The van der Waals surface area contributed by atoms with Crippen molar-refractivity contribution in [2.24, 2.45) is 0 Å². The molecule has 0 radical (unpaired) electrons. The highest BCUT2D eigenvalue weighted by atomic mass is 16.3. The molecule has 3 N–H and O–H groups in total. The summed E-state index contributed by atoms with van der Waals surface area (Å²) in [7, 11) is 1.67. The van der Waals surface area contributed by atoms with Crippen molar-refractivity contribution in [1.29, 1.82) is 0 Å². The van der Waals surface area contributed by atoms with Gasteiger partial charge in [0, 0.05) is 24.0 Å². The first kappa shape index (κ1) is 13.0. The minimum absolute atomic E-state index is 0.117. The number of nitrogens with zero attached hydrogens (tertiary/aromatic N) is 1. The number of phenols is 1. The summed E-state index contributed by atoms with van der Waals surface area (Å²) >= 11 is 0. The van der Waals surface area contributed by atoms with Crippen LogP contribution in [0.5, 0.6) is 5.75 Å². The topological polar surface area (TPSA) is 66.6 Å². The number of rotatable bonds is 2. The maximum Gasteiger partial charge on any atom is 0.258 e. The second kappa shape index (κ2) is 5.02. The maximum atomic E-state index is 12.3. The zero-order chi connectivity index (χ0) is 14.0. The van der Waals surface area contributed by atoms with Gasteiger partial charge in [-0.05, 0) is 42.8 Å². The van der Waals surface area contributed by atoms with Crippen LogP contribution in [-0.2, 0) is 0 Å². The van der Waals surface area contributed by atoms with Crippen molar-refractivity contribution in [1.82, 2.24) is 0 Å². The molecule has 0 unspecified atom stereocenters. The molecule has 2 aromatic carbocycles. The number of hydrogen-bond acceptors (Lipinski definition) is 3. The highest BCUT2D eigenvalue weighted by Crippen LogP contribution is 2.22. The van der Waals surface area contributed by atoms with E-state index in [4.69, 9.17) is 5.73 Å². The smallest absolute Gasteiger partial charge is 0.258 e. The Bertz CT molecular complexity index is 623. The Morgan fingerprint density at radius 1 is 1.21 bits per heavy atom. The summed E-state index contributed by atoms with van der Waals surface area (Å²) in [5.74, 6) is -0.0762. The monoisotopic (exact) mass is 256 g/mol. The van der Waals surface area contributed by atoms with Crippen LogP contribution in [0.4, 0.5) is 11.4 Å². The summed E-state index contributed by atoms with van der Waals surface area (Å²) < 4.78 is 0. The number of amides is 1. The predicted octanol–water partition coefficient (Wildman–Crippen LogP) is 2.56. The molecule has 98 valence electrons. The van der Waals surface area contributed by atoms with E-state index in [0.29, 0.717) is 16.9 Å². The van der Waals surface area contributed by atoms with Crippen molar-refractivity contribution in [2.45, 2.75) is 6.92 Å². The summed E-state index contributed by atoms with van der Waals surface area (Å²) in [5.41, 5.74) is 8.19. The van der Waals surface area contributed by atoms with Crippen LogP contribution in [0.3, 0.4) is 0 Å². The Morgan fingerprint density at radius 3 is 2.58 bits per heavy atom. The van der Waals surface area contributed by atoms with Gasteiger partial charge in [-0.2, -0.15) is 0 Å². The van der Waals surface area contributed by atoms with Crippen LogP contribution < -0.4 is 10.6 Å². The molecule has 4 nitrogen and oxygen atoms in total. The van der Waals surface area contributed by atoms with Gasteiger partial charge < -0.3 is 15.7 Å². The number of anilines is 2. The van der Waals surface area contributed by atoms with E-state index >= 15 is 0 Å². The molecule has 19 heavy (non-hydrogen) atoms. The van der Waals surface area contributed by atoms with E-state index in [1.807, 2.05) is 6.07 Å². The lowest BCUT2D eigenvalue weighted by atomic mass is 10.1. The van der Waals surface area contributed by atoms with E-state index in [0.717, 1.165) is 5.56 Å². The zero-order valence-electron chi connectivity index (χ0n) is 10.9. The molecule has 1 amide bonds. The highest BCUT2D eigenvalue weighted by Gasteiger charge is 2.14. The van der Waals surface area contributed by atoms with Gasteiger partial charge in [0.15, 0.2) is 0 Å². The molecule has 0 bridgehead atoms. The molecule has 2 rings (SSSR count). The fourth-order valence-corrected chi connectivity index (χ4v) is 1.79. The number of benzene rings is 2. The molecular formula is C15H16N2O2. The van der Waals surface area contributed by atoms with E-state index in [-0.39, 0.29) is 11.7 Å². The molecule has 0 saturated carbocycles. The van der Waals surface area contributed by atoms with Crippen molar-refractivity contribution in [2.75, 3.05) is 17.7 Å². The zero-order valence-corrected chi connectivity index (χ0v) is 10.9. The third-order valence-corrected chi connectivity index (χ3v) is 3.02. The van der Waals surface area contributed by atoms with Crippen molar-refractivity contribution in [3.63, 3.8) is 0 Å². The fraction of sp³-hybridized carbons (Fsp3) is 0.133. The van der Waals surface area contributed by atoms with Crippen molar-refractivity contribution < 1.29 is 9.90 Å². The average Bonchev–Trinajstić information content (AvgIpc) is 2.40. The van der Waals surface area contributed by atoms with Crippen LogP contribution in [0, 0.1) is 6.92 Å². The molecule has 4 heteroatoms. The summed E-state index contributed by atoms with van der Waals surface area (Å²) in [6.07, 6.45) is 0. The van der Waals surface area contributed by atoms with Crippen LogP contribution in [0.25, 0.3) is 0 Å². The van der Waals surface area contributed by atoms with Crippen molar-refractivity contribution >= 4 is 17.3 Å². The van der Waals surface area contributed by atoms with Gasteiger partial charge >= 0.3 is 0 Å². The minimum atomic E-state index is -0.194. The van der Waals surface area contributed by atoms with Gasteiger partial charge in [0.2, 0.25) is 0 Å². The lowest BCUT2D eigenvalue weighted by Gasteiger charge is -2.18. The summed E-state index contributed by atoms with van der Waals surface area (Å²) in [6.45, 7) is 1.78. The number of nitrogens with two attached hydrogens (primary N) is 1. The second-order valence-electron chi connectivity index (χ2n) is 4.46. The standard InChI is InChI=1S/C15H16N2O2/c1-10-6-7-11(8-14(10)18)15(19)17(2)13-5-3-4-12(16)9-13/h3-9,18H,16H2,1-2H3. The molecule has 0 fully saturated rings. The van der Waals surface area contributed by atoms with E-state index in [2.05, 4.69) is 0 Å². The Kier molecular flexibility index (Phi) is 3.42. The van der Waals surface area contributed by atoms with Gasteiger partial charge in [-0.15, -0.1) is 0 Å². The second-order valence-corrected chi connectivity index (χ2v) is 4.46. The number of nitrogen functional groups attached to an aromatic ring is 1. The number of aryl methyl sites for hydroxylation is 1. The Balaban J connectivity index is 2.30. The van der Waals surface area contributed by atoms with Gasteiger partial charge in [-0.25, -0.2) is 0 Å². The Labute approximate surface area is 112 Å². The predicted molar refractivity (Wildman–Crippen MR) is 76.4 cm³/mol. The average molecular weight is 256 g/mol. The Hall–Kier alpha value is -2.49. The van der Waals surface area contributed by atoms with Crippen LogP contribution in [0.1, 0.15) is 15.9 Å². The number of carbonyl (C=O) groups is 1.